The number of nitrogens with two attached hydrogens (primary N) is 1. The Bertz CT molecular complexity index is 526. The van der Waals surface area contributed by atoms with Crippen molar-refractivity contribution in [3.05, 3.63) is 35.4 Å². The Hall–Kier alpha value is -1.10. The van der Waals surface area contributed by atoms with Crippen LogP contribution in [0.1, 0.15) is 30.4 Å². The molecule has 5 heteroatoms. The van der Waals surface area contributed by atoms with Crippen molar-refractivity contribution in [1.82, 2.24) is 4.90 Å². The maximum absolute atomic E-state index is 13.3. The third-order valence-electron chi connectivity index (χ3n) is 5.27. The fourth-order valence-electron chi connectivity index (χ4n) is 3.73. The summed E-state index contributed by atoms with van der Waals surface area (Å²) in [6.45, 7) is 5.72. The number of hydrogen-bond donors (Lipinski definition) is 1. The number of hydrogen-bond acceptors (Lipinski definition) is 3. The van der Waals surface area contributed by atoms with Gasteiger partial charge in [0.25, 0.3) is 0 Å². The van der Waals surface area contributed by atoms with Crippen LogP contribution in [0.3, 0.4) is 0 Å². The van der Waals surface area contributed by atoms with Crippen LogP contribution in [0.15, 0.2) is 24.3 Å². The molecule has 2 aliphatic rings. The molecule has 1 unspecified atom stereocenters. The molecule has 3 rings (SSSR count). The summed E-state index contributed by atoms with van der Waals surface area (Å²) in [5.41, 5.74) is 7.74. The summed E-state index contributed by atoms with van der Waals surface area (Å²) < 4.78 is 5.53. The van der Waals surface area contributed by atoms with E-state index in [2.05, 4.69) is 31.2 Å². The van der Waals surface area contributed by atoms with Crippen LogP contribution in [0, 0.1) is 12.8 Å². The smallest absolute Gasteiger partial charge is 0.233 e. The van der Waals surface area contributed by atoms with Crippen LogP contribution in [0.5, 0.6) is 0 Å². The van der Waals surface area contributed by atoms with Crippen molar-refractivity contribution in [1.29, 1.82) is 0 Å². The van der Waals surface area contributed by atoms with Crippen molar-refractivity contribution in [3.8, 4) is 0 Å². The van der Waals surface area contributed by atoms with Gasteiger partial charge in [-0.3, -0.25) is 4.79 Å². The van der Waals surface area contributed by atoms with Gasteiger partial charge in [-0.15, -0.1) is 12.4 Å². The molecule has 2 heterocycles. The highest BCUT2D eigenvalue weighted by molar-refractivity contribution is 5.88. The summed E-state index contributed by atoms with van der Waals surface area (Å²) in [6, 6.07) is 8.45. The van der Waals surface area contributed by atoms with E-state index in [0.717, 1.165) is 37.9 Å². The van der Waals surface area contributed by atoms with E-state index in [1.807, 2.05) is 4.90 Å². The predicted octanol–water partition coefficient (Wildman–Crippen LogP) is 2.27. The zero-order valence-corrected chi connectivity index (χ0v) is 14.6. The summed E-state index contributed by atoms with van der Waals surface area (Å²) in [5.74, 6) is 0.731. The summed E-state index contributed by atoms with van der Waals surface area (Å²) in [6.07, 6.45) is 2.58. The molecule has 0 aromatic heterocycles. The van der Waals surface area contributed by atoms with Crippen molar-refractivity contribution in [3.63, 3.8) is 0 Å². The highest BCUT2D eigenvalue weighted by Crippen LogP contribution is 2.38. The Morgan fingerprint density at radius 3 is 2.52 bits per heavy atom. The number of aryl methyl sites for hydroxylation is 1. The minimum atomic E-state index is -0.407. The summed E-state index contributed by atoms with van der Waals surface area (Å²) in [5, 5.41) is 0. The largest absolute Gasteiger partial charge is 0.381 e. The van der Waals surface area contributed by atoms with Gasteiger partial charge in [0, 0.05) is 26.3 Å². The number of rotatable bonds is 3. The van der Waals surface area contributed by atoms with Gasteiger partial charge in [0.2, 0.25) is 5.91 Å². The molecule has 2 fully saturated rings. The average Bonchev–Trinajstić information content (AvgIpc) is 3.04. The summed E-state index contributed by atoms with van der Waals surface area (Å²) >= 11 is 0. The van der Waals surface area contributed by atoms with Crippen LogP contribution < -0.4 is 5.73 Å². The van der Waals surface area contributed by atoms with Crippen LogP contribution >= 0.6 is 12.4 Å². The molecule has 0 bridgehead atoms. The lowest BCUT2D eigenvalue weighted by molar-refractivity contribution is -0.140. The molecule has 1 atom stereocenters. The van der Waals surface area contributed by atoms with E-state index >= 15 is 0 Å². The van der Waals surface area contributed by atoms with Crippen molar-refractivity contribution >= 4 is 18.3 Å². The number of likely N-dealkylation sites (tertiary alicyclic amines) is 1. The molecule has 0 aliphatic carbocycles. The standard InChI is InChI=1S/C18H26N2O2.ClH/c1-14-2-4-16(5-3-14)18(7-10-22-11-8-18)17(21)20-9-6-15(12-19)13-20;/h2-5,15H,6-13,19H2,1H3;1H. The molecule has 23 heavy (non-hydrogen) atoms. The van der Waals surface area contributed by atoms with Gasteiger partial charge in [0.1, 0.15) is 0 Å². The van der Waals surface area contributed by atoms with Crippen molar-refractivity contribution in [2.45, 2.75) is 31.6 Å². The molecule has 2 aliphatic heterocycles. The lowest BCUT2D eigenvalue weighted by atomic mass is 9.73. The normalized spacial score (nSPS) is 23.4. The maximum Gasteiger partial charge on any atom is 0.233 e. The quantitative estimate of drug-likeness (QED) is 0.919. The van der Waals surface area contributed by atoms with Crippen molar-refractivity contribution in [2.75, 3.05) is 32.8 Å². The fraction of sp³-hybridized carbons (Fsp3) is 0.611. The number of carbonyl (C=O) groups excluding carboxylic acids is 1. The van der Waals surface area contributed by atoms with E-state index in [9.17, 15) is 4.79 Å². The summed E-state index contributed by atoms with van der Waals surface area (Å²) in [4.78, 5) is 15.3. The molecule has 0 radical (unpaired) electrons. The second-order valence-corrected chi connectivity index (χ2v) is 6.70. The number of amides is 1. The SMILES string of the molecule is Cc1ccc(C2(C(=O)N3CCC(CN)C3)CCOCC2)cc1.Cl. The maximum atomic E-state index is 13.3. The second kappa shape index (κ2) is 7.65. The topological polar surface area (TPSA) is 55.6 Å². The monoisotopic (exact) mass is 338 g/mol. The number of ether oxygens (including phenoxy) is 1. The van der Waals surface area contributed by atoms with Gasteiger partial charge < -0.3 is 15.4 Å². The minimum absolute atomic E-state index is 0. The number of nitrogens with zero attached hydrogens (tertiary/aromatic N) is 1. The van der Waals surface area contributed by atoms with Crippen LogP contribution in [0.25, 0.3) is 0 Å². The predicted molar refractivity (Wildman–Crippen MR) is 93.9 cm³/mol. The van der Waals surface area contributed by atoms with Gasteiger partial charge in [-0.05, 0) is 44.2 Å². The van der Waals surface area contributed by atoms with Gasteiger partial charge in [-0.2, -0.15) is 0 Å². The van der Waals surface area contributed by atoms with E-state index in [1.54, 1.807) is 0 Å². The van der Waals surface area contributed by atoms with Crippen LogP contribution in [0.2, 0.25) is 0 Å². The molecule has 1 aromatic rings. The number of carbonyl (C=O) groups is 1. The third kappa shape index (κ3) is 3.54. The molecule has 0 saturated carbocycles. The first-order valence-electron chi connectivity index (χ1n) is 8.30. The zero-order chi connectivity index (χ0) is 15.6. The molecular weight excluding hydrogens is 312 g/mol. The lowest BCUT2D eigenvalue weighted by Gasteiger charge is -2.39. The molecule has 1 amide bonds. The average molecular weight is 339 g/mol. The molecule has 2 N–H and O–H groups in total. The molecule has 1 aromatic carbocycles. The van der Waals surface area contributed by atoms with Gasteiger partial charge >= 0.3 is 0 Å². The first-order valence-corrected chi connectivity index (χ1v) is 8.30. The number of benzene rings is 1. The van der Waals surface area contributed by atoms with Crippen LogP contribution in [0.4, 0.5) is 0 Å². The van der Waals surface area contributed by atoms with Gasteiger partial charge in [-0.25, -0.2) is 0 Å². The van der Waals surface area contributed by atoms with Gasteiger partial charge in [0.15, 0.2) is 0 Å². The number of halogens is 1. The van der Waals surface area contributed by atoms with E-state index in [1.165, 1.54) is 5.56 Å². The highest BCUT2D eigenvalue weighted by Gasteiger charge is 2.45. The van der Waals surface area contributed by atoms with Crippen molar-refractivity contribution < 1.29 is 9.53 Å². The molecular formula is C18H27ClN2O2. The van der Waals surface area contributed by atoms with Crippen molar-refractivity contribution in [2.24, 2.45) is 11.7 Å². The van der Waals surface area contributed by atoms with E-state index in [-0.39, 0.29) is 18.3 Å². The minimum Gasteiger partial charge on any atom is -0.381 e. The van der Waals surface area contributed by atoms with Gasteiger partial charge in [-0.1, -0.05) is 29.8 Å². The van der Waals surface area contributed by atoms with E-state index < -0.39 is 5.41 Å². The fourth-order valence-corrected chi connectivity index (χ4v) is 3.73. The lowest BCUT2D eigenvalue weighted by Crippen LogP contribution is -2.49. The molecule has 0 spiro atoms. The summed E-state index contributed by atoms with van der Waals surface area (Å²) in [7, 11) is 0. The Balaban J connectivity index is 0.00000192. The van der Waals surface area contributed by atoms with E-state index in [4.69, 9.17) is 10.5 Å². The van der Waals surface area contributed by atoms with Crippen LogP contribution in [-0.4, -0.2) is 43.7 Å². The first-order chi connectivity index (χ1) is 10.7. The van der Waals surface area contributed by atoms with E-state index in [0.29, 0.717) is 25.7 Å². The van der Waals surface area contributed by atoms with Crippen LogP contribution in [-0.2, 0) is 14.9 Å². The highest BCUT2D eigenvalue weighted by atomic mass is 35.5. The first kappa shape index (κ1) is 18.2. The molecule has 2 saturated heterocycles. The molecule has 128 valence electrons. The zero-order valence-electron chi connectivity index (χ0n) is 13.8. The Morgan fingerprint density at radius 2 is 1.96 bits per heavy atom. The Morgan fingerprint density at radius 1 is 1.30 bits per heavy atom. The molecule has 4 nitrogen and oxygen atoms in total. The Labute approximate surface area is 144 Å². The second-order valence-electron chi connectivity index (χ2n) is 6.70. The third-order valence-corrected chi connectivity index (χ3v) is 5.27. The Kier molecular flexibility index (Phi) is 6.06. The van der Waals surface area contributed by atoms with Gasteiger partial charge in [0.05, 0.1) is 5.41 Å².